The molecule has 2 heterocycles. The van der Waals surface area contributed by atoms with Crippen LogP contribution >= 0.6 is 12.2 Å². The third-order valence-corrected chi connectivity index (χ3v) is 3.46. The van der Waals surface area contributed by atoms with E-state index in [1.165, 1.54) is 19.3 Å². The Labute approximate surface area is 93.6 Å². The fourth-order valence-electron chi connectivity index (χ4n) is 2.23. The predicted octanol–water partition coefficient (Wildman–Crippen LogP) is 2.17. The van der Waals surface area contributed by atoms with Crippen molar-refractivity contribution in [3.8, 4) is 0 Å². The normalized spacial score (nSPS) is 26.8. The van der Waals surface area contributed by atoms with Crippen LogP contribution in [0.25, 0.3) is 0 Å². The molecule has 2 fully saturated rings. The summed E-state index contributed by atoms with van der Waals surface area (Å²) in [7, 11) is 0. The third-order valence-electron chi connectivity index (χ3n) is 3.17. The summed E-state index contributed by atoms with van der Waals surface area (Å²) in [4.78, 5) is 0. The van der Waals surface area contributed by atoms with Gasteiger partial charge < -0.3 is 9.30 Å². The molecule has 4 nitrogen and oxygen atoms in total. The average Bonchev–Trinajstić information content (AvgIpc) is 3.03. The Bertz CT molecular complexity index is 401. The molecule has 1 N–H and O–H groups in total. The Hall–Kier alpha value is -0.680. The molecule has 1 saturated heterocycles. The predicted molar refractivity (Wildman–Crippen MR) is 58.5 cm³/mol. The van der Waals surface area contributed by atoms with Crippen molar-refractivity contribution >= 4 is 12.2 Å². The number of H-pyrrole nitrogens is 1. The quantitative estimate of drug-likeness (QED) is 0.784. The van der Waals surface area contributed by atoms with Crippen molar-refractivity contribution in [3.63, 3.8) is 0 Å². The first-order valence-corrected chi connectivity index (χ1v) is 6.01. The van der Waals surface area contributed by atoms with Crippen LogP contribution in [0.15, 0.2) is 0 Å². The standard InChI is InChI=1S/C10H15N3OS/c15-10-12-11-9(13(10)8-3-4-8)7-2-1-5-14-6-7/h7-8H,1-6H2,(H,12,15). The van der Waals surface area contributed by atoms with Gasteiger partial charge in [0.2, 0.25) is 0 Å². The fraction of sp³-hybridized carbons (Fsp3) is 0.800. The van der Waals surface area contributed by atoms with E-state index < -0.39 is 0 Å². The minimum atomic E-state index is 0.437. The Morgan fingerprint density at radius 2 is 2.27 bits per heavy atom. The van der Waals surface area contributed by atoms with Gasteiger partial charge in [-0.15, -0.1) is 0 Å². The number of nitrogens with one attached hydrogen (secondary N) is 1. The first-order valence-electron chi connectivity index (χ1n) is 5.61. The summed E-state index contributed by atoms with van der Waals surface area (Å²) < 4.78 is 8.48. The van der Waals surface area contributed by atoms with Gasteiger partial charge in [-0.1, -0.05) is 0 Å². The molecular formula is C10H15N3OS. The second-order valence-corrected chi connectivity index (χ2v) is 4.79. The Balaban J connectivity index is 1.92. The molecule has 0 radical (unpaired) electrons. The molecule has 1 aliphatic carbocycles. The summed E-state index contributed by atoms with van der Waals surface area (Å²) >= 11 is 5.26. The zero-order valence-corrected chi connectivity index (χ0v) is 9.42. The average molecular weight is 225 g/mol. The number of rotatable bonds is 2. The third kappa shape index (κ3) is 1.74. The molecule has 15 heavy (non-hydrogen) atoms. The molecule has 0 amide bonds. The van der Waals surface area contributed by atoms with Crippen molar-refractivity contribution in [2.75, 3.05) is 13.2 Å². The van der Waals surface area contributed by atoms with Gasteiger partial charge in [0.1, 0.15) is 5.82 Å². The molecule has 1 aliphatic heterocycles. The lowest BCUT2D eigenvalue weighted by atomic mass is 10.0. The number of hydrogen-bond donors (Lipinski definition) is 1. The molecule has 0 spiro atoms. The van der Waals surface area contributed by atoms with E-state index in [0.717, 1.165) is 30.2 Å². The lowest BCUT2D eigenvalue weighted by molar-refractivity contribution is 0.0768. The van der Waals surface area contributed by atoms with E-state index in [-0.39, 0.29) is 0 Å². The van der Waals surface area contributed by atoms with Gasteiger partial charge in [0.05, 0.1) is 6.61 Å². The summed E-state index contributed by atoms with van der Waals surface area (Å²) in [6.45, 7) is 1.69. The summed E-state index contributed by atoms with van der Waals surface area (Å²) in [5, 5.41) is 7.28. The molecule has 5 heteroatoms. The topological polar surface area (TPSA) is 42.8 Å². The van der Waals surface area contributed by atoms with Gasteiger partial charge in [-0.2, -0.15) is 5.10 Å². The molecule has 3 rings (SSSR count). The van der Waals surface area contributed by atoms with Crippen LogP contribution in [0, 0.1) is 4.77 Å². The highest BCUT2D eigenvalue weighted by Gasteiger charge is 2.30. The lowest BCUT2D eigenvalue weighted by Gasteiger charge is -2.21. The zero-order valence-electron chi connectivity index (χ0n) is 8.61. The van der Waals surface area contributed by atoms with Crippen LogP contribution in [-0.2, 0) is 4.74 Å². The van der Waals surface area contributed by atoms with Crippen molar-refractivity contribution in [2.45, 2.75) is 37.6 Å². The number of aromatic amines is 1. The van der Waals surface area contributed by atoms with E-state index in [9.17, 15) is 0 Å². The van der Waals surface area contributed by atoms with Gasteiger partial charge in [-0.05, 0) is 37.9 Å². The molecule has 2 aliphatic rings. The lowest BCUT2D eigenvalue weighted by Crippen LogP contribution is -2.19. The number of hydrogen-bond acceptors (Lipinski definition) is 3. The molecule has 1 atom stereocenters. The Kier molecular flexibility index (Phi) is 2.36. The van der Waals surface area contributed by atoms with Crippen molar-refractivity contribution in [1.82, 2.24) is 14.8 Å². The van der Waals surface area contributed by atoms with Gasteiger partial charge in [-0.3, -0.25) is 5.10 Å². The Morgan fingerprint density at radius 1 is 1.40 bits per heavy atom. The first-order chi connectivity index (χ1) is 7.36. The van der Waals surface area contributed by atoms with E-state index in [2.05, 4.69) is 14.8 Å². The molecule has 82 valence electrons. The smallest absolute Gasteiger partial charge is 0.195 e. The summed E-state index contributed by atoms with van der Waals surface area (Å²) in [5.74, 6) is 1.55. The van der Waals surface area contributed by atoms with Crippen molar-refractivity contribution in [3.05, 3.63) is 10.6 Å². The maximum absolute atomic E-state index is 5.50. The maximum atomic E-state index is 5.50. The van der Waals surface area contributed by atoms with Gasteiger partial charge in [0.25, 0.3) is 0 Å². The van der Waals surface area contributed by atoms with Crippen LogP contribution in [0.5, 0.6) is 0 Å². The van der Waals surface area contributed by atoms with Crippen LogP contribution in [0.3, 0.4) is 0 Å². The van der Waals surface area contributed by atoms with E-state index >= 15 is 0 Å². The van der Waals surface area contributed by atoms with Gasteiger partial charge >= 0.3 is 0 Å². The second kappa shape index (κ2) is 3.72. The maximum Gasteiger partial charge on any atom is 0.195 e. The number of ether oxygens (including phenoxy) is 1. The van der Waals surface area contributed by atoms with E-state index in [1.807, 2.05) is 0 Å². The highest BCUT2D eigenvalue weighted by molar-refractivity contribution is 7.71. The van der Waals surface area contributed by atoms with Gasteiger partial charge in [0, 0.05) is 18.6 Å². The van der Waals surface area contributed by atoms with Crippen LogP contribution in [0.1, 0.15) is 43.5 Å². The fourth-order valence-corrected chi connectivity index (χ4v) is 2.52. The monoisotopic (exact) mass is 225 g/mol. The SMILES string of the molecule is S=c1[nH]nc(C2CCCOC2)n1C1CC1. The van der Waals surface area contributed by atoms with E-state index in [0.29, 0.717) is 12.0 Å². The number of aromatic nitrogens is 3. The molecular weight excluding hydrogens is 210 g/mol. The summed E-state index contributed by atoms with van der Waals surface area (Å²) in [6.07, 6.45) is 4.80. The second-order valence-electron chi connectivity index (χ2n) is 4.40. The van der Waals surface area contributed by atoms with Crippen molar-refractivity contribution in [1.29, 1.82) is 0 Å². The minimum Gasteiger partial charge on any atom is -0.381 e. The van der Waals surface area contributed by atoms with Crippen molar-refractivity contribution < 1.29 is 4.74 Å². The molecule has 1 saturated carbocycles. The van der Waals surface area contributed by atoms with E-state index in [1.54, 1.807) is 0 Å². The molecule has 0 aromatic carbocycles. The first kappa shape index (κ1) is 9.54. The highest BCUT2D eigenvalue weighted by atomic mass is 32.1. The highest BCUT2D eigenvalue weighted by Crippen LogP contribution is 2.38. The van der Waals surface area contributed by atoms with Gasteiger partial charge in [0.15, 0.2) is 4.77 Å². The van der Waals surface area contributed by atoms with Gasteiger partial charge in [-0.25, -0.2) is 0 Å². The largest absolute Gasteiger partial charge is 0.381 e. The van der Waals surface area contributed by atoms with Crippen molar-refractivity contribution in [2.24, 2.45) is 0 Å². The molecule has 1 aromatic heterocycles. The number of nitrogens with zero attached hydrogens (tertiary/aromatic N) is 2. The zero-order chi connectivity index (χ0) is 10.3. The van der Waals surface area contributed by atoms with Crippen LogP contribution in [-0.4, -0.2) is 28.0 Å². The van der Waals surface area contributed by atoms with Crippen LogP contribution in [0.2, 0.25) is 0 Å². The van der Waals surface area contributed by atoms with Crippen LogP contribution < -0.4 is 0 Å². The molecule has 1 aromatic rings. The van der Waals surface area contributed by atoms with E-state index in [4.69, 9.17) is 17.0 Å². The Morgan fingerprint density at radius 3 is 2.93 bits per heavy atom. The van der Waals surface area contributed by atoms with Crippen LogP contribution in [0.4, 0.5) is 0 Å². The molecule has 1 unspecified atom stereocenters. The molecule has 0 bridgehead atoms. The summed E-state index contributed by atoms with van der Waals surface area (Å²) in [6, 6.07) is 0.605. The minimum absolute atomic E-state index is 0.437. The summed E-state index contributed by atoms with van der Waals surface area (Å²) in [5.41, 5.74) is 0.